The molecule has 1 unspecified atom stereocenters. The highest BCUT2D eigenvalue weighted by atomic mass is 19.3. The third kappa shape index (κ3) is 4.54. The molecule has 0 aliphatic heterocycles. The number of halogens is 2. The molecule has 1 heterocycles. The highest BCUT2D eigenvalue weighted by Crippen LogP contribution is 2.18. The summed E-state index contributed by atoms with van der Waals surface area (Å²) >= 11 is 0. The molecule has 5 nitrogen and oxygen atoms in total. The Labute approximate surface area is 145 Å². The number of ether oxygens (including phenoxy) is 1. The van der Waals surface area contributed by atoms with Crippen LogP contribution in [0.25, 0.3) is 0 Å². The fraction of sp³-hybridized carbons (Fsp3) is 0.444. The lowest BCUT2D eigenvalue weighted by Gasteiger charge is -2.09. The Hall–Kier alpha value is -2.46. The van der Waals surface area contributed by atoms with Crippen molar-refractivity contribution in [2.75, 3.05) is 6.61 Å². The topological polar surface area (TPSA) is 49.0 Å². The molecule has 0 saturated carbocycles. The van der Waals surface area contributed by atoms with Crippen molar-refractivity contribution in [3.63, 3.8) is 0 Å². The molecular weight excluding hydrogens is 328 g/mol. The van der Waals surface area contributed by atoms with Gasteiger partial charge in [-0.05, 0) is 44.0 Å². The van der Waals surface area contributed by atoms with Crippen LogP contribution in [0.2, 0.25) is 0 Å². The van der Waals surface area contributed by atoms with Crippen LogP contribution in [-0.2, 0) is 18.3 Å². The van der Waals surface area contributed by atoms with Gasteiger partial charge in [-0.15, -0.1) is 5.10 Å². The Morgan fingerprint density at radius 1 is 1.36 bits per heavy atom. The first kappa shape index (κ1) is 18.9. The van der Waals surface area contributed by atoms with Crippen LogP contribution in [0.3, 0.4) is 0 Å². The largest absolute Gasteiger partial charge is 0.366 e. The van der Waals surface area contributed by atoms with Crippen molar-refractivity contribution in [3.8, 4) is 11.8 Å². The number of alkyl halides is 2. The van der Waals surface area contributed by atoms with Crippen LogP contribution in [0.1, 0.15) is 42.8 Å². The average Bonchev–Trinajstić information content (AvgIpc) is 2.84. The second kappa shape index (κ2) is 8.08. The van der Waals surface area contributed by atoms with Crippen LogP contribution in [0.4, 0.5) is 8.78 Å². The van der Waals surface area contributed by atoms with Gasteiger partial charge in [0.05, 0.1) is 6.54 Å². The monoisotopic (exact) mass is 349 g/mol. The van der Waals surface area contributed by atoms with E-state index in [9.17, 15) is 13.6 Å². The van der Waals surface area contributed by atoms with Gasteiger partial charge in [0.1, 0.15) is 6.10 Å². The highest BCUT2D eigenvalue weighted by molar-refractivity contribution is 5.41. The molecule has 0 spiro atoms. The highest BCUT2D eigenvalue weighted by Gasteiger charge is 2.20. The van der Waals surface area contributed by atoms with Gasteiger partial charge in [0.15, 0.2) is 0 Å². The number of nitrogens with zero attached hydrogens (tertiary/aromatic N) is 3. The summed E-state index contributed by atoms with van der Waals surface area (Å²) < 4.78 is 33.5. The summed E-state index contributed by atoms with van der Waals surface area (Å²) in [7, 11) is 1.36. The minimum absolute atomic E-state index is 0.0225. The van der Waals surface area contributed by atoms with Gasteiger partial charge < -0.3 is 4.74 Å². The molecule has 1 aromatic carbocycles. The summed E-state index contributed by atoms with van der Waals surface area (Å²) in [5.74, 6) is 5.45. The minimum atomic E-state index is -2.82. The van der Waals surface area contributed by atoms with Crippen molar-refractivity contribution >= 4 is 0 Å². The molecule has 0 saturated heterocycles. The second-order valence-electron chi connectivity index (χ2n) is 5.66. The lowest BCUT2D eigenvalue weighted by molar-refractivity contribution is 0.116. The van der Waals surface area contributed by atoms with E-state index in [1.54, 1.807) is 6.07 Å². The summed E-state index contributed by atoms with van der Waals surface area (Å²) in [6, 6.07) is 5.51. The van der Waals surface area contributed by atoms with E-state index in [2.05, 4.69) is 16.9 Å². The van der Waals surface area contributed by atoms with E-state index >= 15 is 0 Å². The van der Waals surface area contributed by atoms with Gasteiger partial charge >= 0.3 is 5.69 Å². The standard InChI is InChI=1S/C18H21F2N3O2/c1-5-25-13(3)7-9-14-8-6-12(2)15(10-14)11-23-17(16(19)20)21-22(4)18(23)24/h6,8,10,13,16H,5,11H2,1-4H3. The van der Waals surface area contributed by atoms with Crippen LogP contribution in [-0.4, -0.2) is 27.1 Å². The summed E-state index contributed by atoms with van der Waals surface area (Å²) in [4.78, 5) is 12.1. The molecule has 7 heteroatoms. The predicted molar refractivity (Wildman–Crippen MR) is 90.7 cm³/mol. The van der Waals surface area contributed by atoms with Crippen LogP contribution < -0.4 is 5.69 Å². The van der Waals surface area contributed by atoms with Crippen LogP contribution in [0.15, 0.2) is 23.0 Å². The Bertz CT molecular complexity index is 859. The molecule has 0 bridgehead atoms. The first-order chi connectivity index (χ1) is 11.8. The van der Waals surface area contributed by atoms with Crippen molar-refractivity contribution in [2.45, 2.75) is 39.8 Å². The molecule has 2 aromatic rings. The first-order valence-corrected chi connectivity index (χ1v) is 7.98. The number of aromatic nitrogens is 3. The van der Waals surface area contributed by atoms with Gasteiger partial charge in [0, 0.05) is 19.2 Å². The molecule has 1 atom stereocenters. The maximum atomic E-state index is 13.1. The molecule has 0 N–H and O–H groups in total. The summed E-state index contributed by atoms with van der Waals surface area (Å²) in [6.45, 7) is 6.22. The van der Waals surface area contributed by atoms with Crippen LogP contribution >= 0.6 is 0 Å². The third-order valence-corrected chi connectivity index (χ3v) is 3.75. The number of benzene rings is 1. The van der Waals surface area contributed by atoms with E-state index in [4.69, 9.17) is 4.74 Å². The Balaban J connectivity index is 2.35. The SMILES string of the molecule is CCOC(C)C#Cc1ccc(C)c(Cn2c(C(F)F)nn(C)c2=O)c1. The van der Waals surface area contributed by atoms with E-state index in [1.165, 1.54) is 7.05 Å². The third-order valence-electron chi connectivity index (χ3n) is 3.75. The van der Waals surface area contributed by atoms with Crippen molar-refractivity contribution in [2.24, 2.45) is 7.05 Å². The summed E-state index contributed by atoms with van der Waals surface area (Å²) in [5, 5.41) is 3.61. The number of hydrogen-bond donors (Lipinski definition) is 0. The van der Waals surface area contributed by atoms with E-state index in [-0.39, 0.29) is 12.6 Å². The van der Waals surface area contributed by atoms with Crippen molar-refractivity contribution in [1.29, 1.82) is 0 Å². The quantitative estimate of drug-likeness (QED) is 0.780. The molecule has 0 aliphatic rings. The molecule has 0 radical (unpaired) electrons. The van der Waals surface area contributed by atoms with Gasteiger partial charge in [0.2, 0.25) is 5.82 Å². The van der Waals surface area contributed by atoms with Gasteiger partial charge in [-0.25, -0.2) is 18.3 Å². The Morgan fingerprint density at radius 3 is 2.72 bits per heavy atom. The zero-order valence-electron chi connectivity index (χ0n) is 14.7. The normalized spacial score (nSPS) is 12.1. The molecule has 25 heavy (non-hydrogen) atoms. The van der Waals surface area contributed by atoms with Gasteiger partial charge in [-0.2, -0.15) is 0 Å². The minimum Gasteiger partial charge on any atom is -0.366 e. The zero-order valence-corrected chi connectivity index (χ0v) is 14.7. The molecule has 0 amide bonds. The zero-order chi connectivity index (χ0) is 18.6. The van der Waals surface area contributed by atoms with Crippen LogP contribution in [0, 0.1) is 18.8 Å². The van der Waals surface area contributed by atoms with Crippen molar-refractivity contribution < 1.29 is 13.5 Å². The van der Waals surface area contributed by atoms with Gasteiger partial charge in [-0.1, -0.05) is 17.9 Å². The maximum Gasteiger partial charge on any atom is 0.346 e. The average molecular weight is 349 g/mol. The number of aryl methyl sites for hydroxylation is 2. The molecule has 0 fully saturated rings. The summed E-state index contributed by atoms with van der Waals surface area (Å²) in [6.07, 6.45) is -3.01. The van der Waals surface area contributed by atoms with E-state index in [0.29, 0.717) is 6.61 Å². The number of hydrogen-bond acceptors (Lipinski definition) is 3. The Morgan fingerprint density at radius 2 is 2.08 bits per heavy atom. The van der Waals surface area contributed by atoms with E-state index < -0.39 is 17.9 Å². The summed E-state index contributed by atoms with van der Waals surface area (Å²) in [5.41, 5.74) is 1.80. The fourth-order valence-electron chi connectivity index (χ4n) is 2.40. The Kier molecular flexibility index (Phi) is 6.10. The van der Waals surface area contributed by atoms with Crippen molar-refractivity contribution in [3.05, 3.63) is 51.2 Å². The van der Waals surface area contributed by atoms with Crippen LogP contribution in [0.5, 0.6) is 0 Å². The van der Waals surface area contributed by atoms with Gasteiger partial charge in [0.25, 0.3) is 6.43 Å². The molecule has 1 aromatic heterocycles. The van der Waals surface area contributed by atoms with Gasteiger partial charge in [-0.3, -0.25) is 4.57 Å². The maximum absolute atomic E-state index is 13.1. The first-order valence-electron chi connectivity index (χ1n) is 7.98. The van der Waals surface area contributed by atoms with Crippen molar-refractivity contribution in [1.82, 2.24) is 14.3 Å². The second-order valence-corrected chi connectivity index (χ2v) is 5.66. The molecule has 2 rings (SSSR count). The fourth-order valence-corrected chi connectivity index (χ4v) is 2.40. The lowest BCUT2D eigenvalue weighted by Crippen LogP contribution is -2.24. The molecular formula is C18H21F2N3O2. The molecule has 134 valence electrons. The van der Waals surface area contributed by atoms with E-state index in [0.717, 1.165) is 25.9 Å². The number of rotatable bonds is 5. The van der Waals surface area contributed by atoms with E-state index in [1.807, 2.05) is 32.9 Å². The smallest absolute Gasteiger partial charge is 0.346 e. The lowest BCUT2D eigenvalue weighted by atomic mass is 10.0. The predicted octanol–water partition coefficient (Wildman–Crippen LogP) is 2.65. The molecule has 0 aliphatic carbocycles.